The largest absolute Gasteiger partial charge is 0.493 e. The van der Waals surface area contributed by atoms with Crippen LogP contribution in [0.2, 0.25) is 5.02 Å². The lowest BCUT2D eigenvalue weighted by Gasteiger charge is -2.23. The second kappa shape index (κ2) is 11.4. The van der Waals surface area contributed by atoms with E-state index in [1.807, 2.05) is 31.2 Å². The van der Waals surface area contributed by atoms with Gasteiger partial charge in [-0.25, -0.2) is 8.42 Å². The number of hydrogen-bond donors (Lipinski definition) is 1. The number of nitrogens with one attached hydrogen (secondary N) is 1. The first-order valence-corrected chi connectivity index (χ1v) is 12.3. The van der Waals surface area contributed by atoms with Gasteiger partial charge in [0, 0.05) is 18.1 Å². The van der Waals surface area contributed by atoms with Gasteiger partial charge >= 0.3 is 0 Å². The number of sulfonamides is 1. The molecule has 0 fully saturated rings. The van der Waals surface area contributed by atoms with Gasteiger partial charge in [0.15, 0.2) is 11.5 Å². The summed E-state index contributed by atoms with van der Waals surface area (Å²) in [6.45, 7) is 1.83. The summed E-state index contributed by atoms with van der Waals surface area (Å²) in [5.74, 6) is 0.692. The lowest BCUT2D eigenvalue weighted by molar-refractivity contribution is -0.121. The van der Waals surface area contributed by atoms with Crippen molar-refractivity contribution in [3.05, 3.63) is 88.4 Å². The highest BCUT2D eigenvalue weighted by Gasteiger charge is 2.27. The number of benzene rings is 3. The lowest BCUT2D eigenvalue weighted by Crippen LogP contribution is -2.40. The number of carbonyl (C=O) groups is 1. The molecule has 1 amide bonds. The summed E-state index contributed by atoms with van der Waals surface area (Å²) in [5, 5.41) is 3.22. The molecular weight excluding hydrogens is 476 g/mol. The molecule has 0 aromatic heterocycles. The van der Waals surface area contributed by atoms with Crippen LogP contribution in [-0.4, -0.2) is 39.4 Å². The molecule has 1 N–H and O–H groups in total. The van der Waals surface area contributed by atoms with Crippen LogP contribution in [0.4, 0.5) is 0 Å². The maximum absolute atomic E-state index is 13.4. The molecule has 9 heteroatoms. The Morgan fingerprint density at radius 2 is 1.65 bits per heavy atom. The zero-order valence-electron chi connectivity index (χ0n) is 19.2. The number of hydrogen-bond acceptors (Lipinski definition) is 5. The van der Waals surface area contributed by atoms with Gasteiger partial charge in [0.2, 0.25) is 15.9 Å². The zero-order chi connectivity index (χ0) is 24.7. The third-order valence-electron chi connectivity index (χ3n) is 5.32. The van der Waals surface area contributed by atoms with Crippen molar-refractivity contribution in [3.8, 4) is 11.5 Å². The Bertz CT molecular complexity index is 1250. The first-order chi connectivity index (χ1) is 16.2. The second-order valence-electron chi connectivity index (χ2n) is 7.62. The van der Waals surface area contributed by atoms with Crippen LogP contribution in [0.25, 0.3) is 0 Å². The van der Waals surface area contributed by atoms with Crippen molar-refractivity contribution < 1.29 is 22.7 Å². The van der Waals surface area contributed by atoms with Crippen LogP contribution in [0.15, 0.2) is 71.6 Å². The van der Waals surface area contributed by atoms with Gasteiger partial charge < -0.3 is 14.8 Å². The number of rotatable bonds is 10. The summed E-state index contributed by atoms with van der Waals surface area (Å²) in [7, 11) is -0.875. The van der Waals surface area contributed by atoms with Crippen molar-refractivity contribution in [3.63, 3.8) is 0 Å². The minimum Gasteiger partial charge on any atom is -0.493 e. The van der Waals surface area contributed by atoms with Gasteiger partial charge in [-0.1, -0.05) is 41.9 Å². The van der Waals surface area contributed by atoms with E-state index in [1.54, 1.807) is 25.3 Å². The first-order valence-electron chi connectivity index (χ1n) is 10.5. The van der Waals surface area contributed by atoms with Gasteiger partial charge in [0.05, 0.1) is 25.7 Å². The normalized spacial score (nSPS) is 11.3. The highest BCUT2D eigenvalue weighted by atomic mass is 35.5. The fraction of sp³-hybridized carbons (Fsp3) is 0.240. The number of nitrogens with zero attached hydrogens (tertiary/aromatic N) is 1. The third kappa shape index (κ3) is 6.28. The van der Waals surface area contributed by atoms with E-state index >= 15 is 0 Å². The van der Waals surface area contributed by atoms with E-state index in [1.165, 1.54) is 35.7 Å². The Morgan fingerprint density at radius 3 is 2.29 bits per heavy atom. The third-order valence-corrected chi connectivity index (χ3v) is 7.37. The molecule has 3 aromatic rings. The fourth-order valence-electron chi connectivity index (χ4n) is 3.37. The number of methoxy groups -OCH3 is 2. The van der Waals surface area contributed by atoms with Crippen molar-refractivity contribution in [1.82, 2.24) is 9.62 Å². The Kier molecular flexibility index (Phi) is 8.55. The van der Waals surface area contributed by atoms with Gasteiger partial charge in [-0.05, 0) is 60.0 Å². The Balaban J connectivity index is 1.80. The van der Waals surface area contributed by atoms with E-state index < -0.39 is 15.9 Å². The van der Waals surface area contributed by atoms with Crippen molar-refractivity contribution in [1.29, 1.82) is 0 Å². The molecule has 0 aliphatic heterocycles. The monoisotopic (exact) mass is 502 g/mol. The van der Waals surface area contributed by atoms with Crippen molar-refractivity contribution in [2.24, 2.45) is 0 Å². The lowest BCUT2D eigenvalue weighted by atomic mass is 10.1. The van der Waals surface area contributed by atoms with Crippen LogP contribution in [0.3, 0.4) is 0 Å². The van der Waals surface area contributed by atoms with Crippen LogP contribution in [0.5, 0.6) is 11.5 Å². The standard InChI is InChI=1S/C25H27ClN2O5S/c1-18-6-4-5-7-20(18)16-28(34(30,31)22-11-9-21(26)10-12-22)17-25(29)27-15-19-8-13-23(32-2)24(14-19)33-3/h4-14H,15-17H2,1-3H3,(H,27,29). The molecular formula is C25H27ClN2O5S. The van der Waals surface area contributed by atoms with E-state index in [4.69, 9.17) is 21.1 Å². The predicted molar refractivity (Wildman–Crippen MR) is 132 cm³/mol. The molecule has 0 saturated heterocycles. The summed E-state index contributed by atoms with van der Waals surface area (Å²) in [4.78, 5) is 12.9. The number of ether oxygens (including phenoxy) is 2. The number of amides is 1. The Labute approximate surface area is 205 Å². The van der Waals surface area contributed by atoms with Crippen molar-refractivity contribution in [2.45, 2.75) is 24.9 Å². The van der Waals surface area contributed by atoms with Crippen LogP contribution in [-0.2, 0) is 27.9 Å². The molecule has 34 heavy (non-hydrogen) atoms. The molecule has 0 aliphatic carbocycles. The van der Waals surface area contributed by atoms with Crippen LogP contribution in [0, 0.1) is 6.92 Å². The quantitative estimate of drug-likeness (QED) is 0.449. The van der Waals surface area contributed by atoms with Gasteiger partial charge in [0.1, 0.15) is 0 Å². The van der Waals surface area contributed by atoms with Gasteiger partial charge in [0.25, 0.3) is 0 Å². The summed E-state index contributed by atoms with van der Waals surface area (Å²) >= 11 is 5.93. The Hall–Kier alpha value is -3.07. The van der Waals surface area contributed by atoms with E-state index in [9.17, 15) is 13.2 Å². The molecule has 3 rings (SSSR count). The summed E-state index contributed by atoms with van der Waals surface area (Å²) in [6.07, 6.45) is 0. The summed E-state index contributed by atoms with van der Waals surface area (Å²) in [6, 6.07) is 18.7. The SMILES string of the molecule is COc1ccc(CNC(=O)CN(Cc2ccccc2C)S(=O)(=O)c2ccc(Cl)cc2)cc1OC. The molecule has 3 aromatic carbocycles. The van der Waals surface area contributed by atoms with Gasteiger partial charge in [-0.3, -0.25) is 4.79 Å². The van der Waals surface area contributed by atoms with Crippen LogP contribution < -0.4 is 14.8 Å². The van der Waals surface area contributed by atoms with Crippen molar-refractivity contribution >= 4 is 27.5 Å². The van der Waals surface area contributed by atoms with Gasteiger partial charge in [-0.2, -0.15) is 4.31 Å². The van der Waals surface area contributed by atoms with E-state index in [0.29, 0.717) is 16.5 Å². The minimum absolute atomic E-state index is 0.0570. The molecule has 0 aliphatic rings. The predicted octanol–water partition coefficient (Wildman–Crippen LogP) is 4.17. The fourth-order valence-corrected chi connectivity index (χ4v) is 4.87. The van der Waals surface area contributed by atoms with Crippen LogP contribution >= 0.6 is 11.6 Å². The highest BCUT2D eigenvalue weighted by Crippen LogP contribution is 2.27. The summed E-state index contributed by atoms with van der Waals surface area (Å²) < 4.78 is 38.5. The number of carbonyl (C=O) groups excluding carboxylic acids is 1. The van der Waals surface area contributed by atoms with E-state index in [2.05, 4.69) is 5.32 Å². The number of aryl methyl sites for hydroxylation is 1. The average Bonchev–Trinajstić information content (AvgIpc) is 2.83. The molecule has 0 radical (unpaired) electrons. The molecule has 0 saturated carbocycles. The molecule has 0 spiro atoms. The van der Waals surface area contributed by atoms with E-state index in [0.717, 1.165) is 16.7 Å². The maximum Gasteiger partial charge on any atom is 0.243 e. The molecule has 180 valence electrons. The van der Waals surface area contributed by atoms with Crippen molar-refractivity contribution in [2.75, 3.05) is 20.8 Å². The smallest absolute Gasteiger partial charge is 0.243 e. The molecule has 0 atom stereocenters. The topological polar surface area (TPSA) is 84.9 Å². The second-order valence-corrected chi connectivity index (χ2v) is 9.99. The molecule has 7 nitrogen and oxygen atoms in total. The zero-order valence-corrected chi connectivity index (χ0v) is 20.8. The minimum atomic E-state index is -3.95. The molecule has 0 heterocycles. The molecule has 0 bridgehead atoms. The first kappa shape index (κ1) is 25.6. The average molecular weight is 503 g/mol. The van der Waals surface area contributed by atoms with Crippen LogP contribution in [0.1, 0.15) is 16.7 Å². The summed E-state index contributed by atoms with van der Waals surface area (Å²) in [5.41, 5.74) is 2.54. The van der Waals surface area contributed by atoms with Gasteiger partial charge in [-0.15, -0.1) is 0 Å². The van der Waals surface area contributed by atoms with E-state index in [-0.39, 0.29) is 24.5 Å². The Morgan fingerprint density at radius 1 is 0.971 bits per heavy atom. The number of halogens is 1. The maximum atomic E-state index is 13.4. The highest BCUT2D eigenvalue weighted by molar-refractivity contribution is 7.89. The molecule has 0 unspecified atom stereocenters.